The highest BCUT2D eigenvalue weighted by Crippen LogP contribution is 2.40. The number of aryl methyl sites for hydroxylation is 1. The third-order valence-corrected chi connectivity index (χ3v) is 14.0. The lowest BCUT2D eigenvalue weighted by atomic mass is 9.92. The molecule has 1 aliphatic carbocycles. The molecule has 4 aliphatic heterocycles. The number of carbonyl (C=O) groups is 3. The lowest BCUT2D eigenvalue weighted by molar-refractivity contribution is -0.137. The maximum Gasteiger partial charge on any atom is 0.272 e. The second-order valence-corrected chi connectivity index (χ2v) is 17.9. The SMILES string of the molecule is CC(=O)N1CCc2c(c(N3CCCc4cc(C#N)ccc43)nn2C2CCN(C(=O)C3CCN(c4ccc(C(=O)NC5CCC(Oc6ccc(C#N)c(Cl)c6)CC5)nn4)CC3)CC2)C1. The molecule has 4 aromatic rings. The van der Waals surface area contributed by atoms with Gasteiger partial charge in [0.25, 0.3) is 5.91 Å². The van der Waals surface area contributed by atoms with Crippen molar-refractivity contribution in [3.63, 3.8) is 0 Å². The highest BCUT2D eigenvalue weighted by atomic mass is 35.5. The Kier molecular flexibility index (Phi) is 12.2. The van der Waals surface area contributed by atoms with Crippen molar-refractivity contribution < 1.29 is 19.1 Å². The number of anilines is 3. The van der Waals surface area contributed by atoms with Crippen LogP contribution in [0, 0.1) is 28.6 Å². The lowest BCUT2D eigenvalue weighted by Crippen LogP contribution is -2.46. The number of halogens is 1. The second-order valence-electron chi connectivity index (χ2n) is 17.5. The van der Waals surface area contributed by atoms with Crippen molar-refractivity contribution in [3.05, 3.63) is 87.2 Å². The third kappa shape index (κ3) is 8.89. The first-order valence-corrected chi connectivity index (χ1v) is 22.7. The van der Waals surface area contributed by atoms with Gasteiger partial charge in [-0.25, -0.2) is 0 Å². The van der Waals surface area contributed by atoms with Crippen molar-refractivity contribution in [2.45, 2.75) is 102 Å². The van der Waals surface area contributed by atoms with Gasteiger partial charge in [0.05, 0.1) is 40.9 Å². The van der Waals surface area contributed by atoms with Crippen molar-refractivity contribution >= 4 is 46.6 Å². The van der Waals surface area contributed by atoms with Gasteiger partial charge in [-0.1, -0.05) is 11.6 Å². The molecule has 1 saturated carbocycles. The van der Waals surface area contributed by atoms with Crippen molar-refractivity contribution in [1.82, 2.24) is 35.1 Å². The smallest absolute Gasteiger partial charge is 0.272 e. The normalized spacial score (nSPS) is 20.6. The number of hydrogen-bond donors (Lipinski definition) is 1. The first kappa shape index (κ1) is 42.1. The van der Waals surface area contributed by atoms with Gasteiger partial charge < -0.3 is 29.7 Å². The summed E-state index contributed by atoms with van der Waals surface area (Å²) in [6.45, 7) is 6.36. The van der Waals surface area contributed by atoms with E-state index in [0.717, 1.165) is 99.8 Å². The number of fused-ring (bicyclic) bond motifs is 2. The minimum absolute atomic E-state index is 0.00929. The minimum Gasteiger partial charge on any atom is -0.490 e. The molecule has 16 heteroatoms. The van der Waals surface area contributed by atoms with Crippen molar-refractivity contribution in [3.8, 4) is 17.9 Å². The van der Waals surface area contributed by atoms with Crippen LogP contribution in [-0.4, -0.2) is 98.9 Å². The Labute approximate surface area is 372 Å². The fraction of sp³-hybridized carbons (Fsp3) is 0.489. The first-order chi connectivity index (χ1) is 30.6. The Balaban J connectivity index is 0.758. The van der Waals surface area contributed by atoms with Gasteiger partial charge in [-0.2, -0.15) is 15.6 Å². The van der Waals surface area contributed by atoms with Crippen LogP contribution in [-0.2, 0) is 29.0 Å². The number of nitriles is 2. The summed E-state index contributed by atoms with van der Waals surface area (Å²) in [5, 5.41) is 36.1. The predicted octanol–water partition coefficient (Wildman–Crippen LogP) is 6.26. The van der Waals surface area contributed by atoms with Gasteiger partial charge in [0.2, 0.25) is 11.8 Å². The molecule has 63 heavy (non-hydrogen) atoms. The van der Waals surface area contributed by atoms with Crippen LogP contribution in [0.5, 0.6) is 5.75 Å². The van der Waals surface area contributed by atoms with E-state index in [9.17, 15) is 19.6 Å². The standard InChI is InChI=1S/C47H52ClN11O4/c1-30(60)57-24-18-43-39(29-57)45(58-19-2-3-33-25-31(27-49)4-12-42(33)58)54-59(43)36-16-22-56(23-17-36)47(62)32-14-20-55(21-15-32)44-13-11-41(52-53-44)46(61)51-35-6-9-37(10-7-35)63-38-8-5-34(28-50)40(48)26-38/h4-5,8,11-13,25-26,32,35-37H,2-3,6-7,9-10,14-24,29H2,1H3,(H,51,61). The number of amides is 3. The zero-order chi connectivity index (χ0) is 43.6. The highest BCUT2D eigenvalue weighted by Gasteiger charge is 2.36. The summed E-state index contributed by atoms with van der Waals surface area (Å²) in [6, 6.07) is 19.0. The van der Waals surface area contributed by atoms with Crippen LogP contribution < -0.4 is 19.9 Å². The maximum absolute atomic E-state index is 13.9. The Bertz CT molecular complexity index is 2450. The van der Waals surface area contributed by atoms with Crippen LogP contribution in [0.1, 0.15) is 109 Å². The van der Waals surface area contributed by atoms with Crippen LogP contribution in [0.25, 0.3) is 0 Å². The van der Waals surface area contributed by atoms with Gasteiger partial charge in [-0.05, 0) is 112 Å². The van der Waals surface area contributed by atoms with Gasteiger partial charge in [0.15, 0.2) is 17.3 Å². The zero-order valence-corrected chi connectivity index (χ0v) is 36.4. The highest BCUT2D eigenvalue weighted by molar-refractivity contribution is 6.31. The number of aromatic nitrogens is 4. The van der Waals surface area contributed by atoms with E-state index in [1.165, 1.54) is 5.69 Å². The van der Waals surface area contributed by atoms with Gasteiger partial charge in [0.1, 0.15) is 11.8 Å². The molecule has 0 radical (unpaired) electrons. The summed E-state index contributed by atoms with van der Waals surface area (Å²) >= 11 is 6.16. The summed E-state index contributed by atoms with van der Waals surface area (Å²) in [5.74, 6) is 2.22. The number of ether oxygens (including phenoxy) is 1. The fourth-order valence-corrected chi connectivity index (χ4v) is 10.3. The van der Waals surface area contributed by atoms with E-state index in [1.807, 2.05) is 34.1 Å². The minimum atomic E-state index is -0.249. The van der Waals surface area contributed by atoms with Crippen molar-refractivity contribution in [2.75, 3.05) is 49.1 Å². The summed E-state index contributed by atoms with van der Waals surface area (Å²) in [5.41, 5.74) is 5.87. The number of likely N-dealkylation sites (tertiary alicyclic amines) is 1. The summed E-state index contributed by atoms with van der Waals surface area (Å²) in [4.78, 5) is 47.9. The number of hydrogen-bond acceptors (Lipinski definition) is 11. The van der Waals surface area contributed by atoms with Crippen molar-refractivity contribution in [2.24, 2.45) is 5.92 Å². The Morgan fingerprint density at radius 2 is 1.62 bits per heavy atom. The molecule has 3 fully saturated rings. The first-order valence-electron chi connectivity index (χ1n) is 22.4. The second kappa shape index (κ2) is 18.3. The number of carbonyl (C=O) groups excluding carboxylic acids is 3. The molecular formula is C47H52ClN11O4. The van der Waals surface area contributed by atoms with Crippen LogP contribution in [0.15, 0.2) is 48.5 Å². The van der Waals surface area contributed by atoms with E-state index < -0.39 is 0 Å². The topological polar surface area (TPSA) is 177 Å². The Hall–Kier alpha value is -6.19. The predicted molar refractivity (Wildman–Crippen MR) is 236 cm³/mol. The van der Waals surface area contributed by atoms with Crippen LogP contribution in [0.4, 0.5) is 17.3 Å². The van der Waals surface area contributed by atoms with E-state index >= 15 is 0 Å². The summed E-state index contributed by atoms with van der Waals surface area (Å²) < 4.78 is 8.31. The maximum atomic E-state index is 13.9. The number of nitrogens with zero attached hydrogens (tertiary/aromatic N) is 10. The molecule has 0 spiro atoms. The lowest BCUT2D eigenvalue weighted by Gasteiger charge is -2.38. The van der Waals surface area contributed by atoms with E-state index in [-0.39, 0.29) is 47.5 Å². The van der Waals surface area contributed by atoms with Crippen LogP contribution >= 0.6 is 11.6 Å². The fourth-order valence-electron chi connectivity index (χ4n) is 10.1. The van der Waals surface area contributed by atoms with E-state index in [0.29, 0.717) is 67.0 Å². The quantitative estimate of drug-likeness (QED) is 0.212. The Morgan fingerprint density at radius 3 is 2.32 bits per heavy atom. The molecule has 6 heterocycles. The molecule has 15 nitrogen and oxygen atoms in total. The zero-order valence-electron chi connectivity index (χ0n) is 35.6. The van der Waals surface area contributed by atoms with Crippen LogP contribution in [0.3, 0.4) is 0 Å². The molecule has 1 N–H and O–H groups in total. The van der Waals surface area contributed by atoms with Crippen molar-refractivity contribution in [1.29, 1.82) is 10.5 Å². The number of piperidine rings is 2. The molecule has 326 valence electrons. The van der Waals surface area contributed by atoms with Crippen LogP contribution in [0.2, 0.25) is 5.02 Å². The van der Waals surface area contributed by atoms with Gasteiger partial charge in [-0.3, -0.25) is 19.1 Å². The molecule has 0 unspecified atom stereocenters. The van der Waals surface area contributed by atoms with E-state index in [2.05, 4.69) is 42.1 Å². The number of benzene rings is 2. The Morgan fingerprint density at radius 1 is 0.825 bits per heavy atom. The molecule has 0 bridgehead atoms. The molecular weight excluding hydrogens is 818 g/mol. The molecule has 3 amide bonds. The average molecular weight is 870 g/mol. The van der Waals surface area contributed by atoms with E-state index in [1.54, 1.807) is 31.2 Å². The number of rotatable bonds is 8. The summed E-state index contributed by atoms with van der Waals surface area (Å²) in [6.07, 6.45) is 8.81. The van der Waals surface area contributed by atoms with Gasteiger partial charge in [-0.15, -0.1) is 10.2 Å². The van der Waals surface area contributed by atoms with E-state index in [4.69, 9.17) is 26.7 Å². The molecule has 9 rings (SSSR count). The molecule has 2 saturated heterocycles. The van der Waals surface area contributed by atoms with Gasteiger partial charge >= 0.3 is 0 Å². The monoisotopic (exact) mass is 869 g/mol. The molecule has 5 aliphatic rings. The third-order valence-electron chi connectivity index (χ3n) is 13.6. The summed E-state index contributed by atoms with van der Waals surface area (Å²) in [7, 11) is 0. The average Bonchev–Trinajstić information content (AvgIpc) is 3.70. The largest absolute Gasteiger partial charge is 0.490 e. The molecule has 0 atom stereocenters. The van der Waals surface area contributed by atoms with Gasteiger partial charge in [0, 0.05) is 87.6 Å². The molecule has 2 aromatic heterocycles. The number of nitrogens with one attached hydrogen (secondary N) is 1. The molecule has 2 aromatic carbocycles.